The molecule has 136 valence electrons. The summed E-state index contributed by atoms with van der Waals surface area (Å²) in [5, 5.41) is 6.60. The Hall–Kier alpha value is -3.51. The first-order valence-electron chi connectivity index (χ1n) is 8.90. The van der Waals surface area contributed by atoms with Crippen LogP contribution in [0.5, 0.6) is 0 Å². The second-order valence-electron chi connectivity index (χ2n) is 6.27. The van der Waals surface area contributed by atoms with E-state index in [-0.39, 0.29) is 0 Å². The molecule has 0 amide bonds. The molecule has 5 rings (SSSR count). The van der Waals surface area contributed by atoms with Crippen LogP contribution in [0.25, 0.3) is 32.7 Å². The second kappa shape index (κ2) is 7.25. The number of aromatic nitrogens is 3. The third-order valence-electron chi connectivity index (χ3n) is 4.45. The zero-order chi connectivity index (χ0) is 18.8. The summed E-state index contributed by atoms with van der Waals surface area (Å²) in [5.41, 5.74) is 3.16. The van der Waals surface area contributed by atoms with E-state index in [9.17, 15) is 0 Å². The topological polar surface area (TPSA) is 63.8 Å². The van der Waals surface area contributed by atoms with Gasteiger partial charge in [-0.2, -0.15) is 0 Å². The van der Waals surface area contributed by atoms with E-state index in [1.54, 1.807) is 30.0 Å². The Kier molecular flexibility index (Phi) is 4.31. The Bertz CT molecular complexity index is 1200. The monoisotopic (exact) mass is 384 g/mol. The van der Waals surface area contributed by atoms with E-state index in [0.29, 0.717) is 12.4 Å². The van der Waals surface area contributed by atoms with E-state index in [4.69, 9.17) is 14.4 Å². The van der Waals surface area contributed by atoms with E-state index in [0.717, 1.165) is 38.5 Å². The minimum atomic E-state index is 0.551. The Morgan fingerprint density at radius 1 is 0.929 bits per heavy atom. The number of anilines is 1. The molecular formula is C22H16N4OS. The minimum Gasteiger partial charge on any atom is -0.467 e. The van der Waals surface area contributed by atoms with Gasteiger partial charge >= 0.3 is 0 Å². The number of fused-ring (bicyclic) bond motifs is 1. The summed E-state index contributed by atoms with van der Waals surface area (Å²) in [4.78, 5) is 14.8. The first-order valence-corrected chi connectivity index (χ1v) is 9.78. The summed E-state index contributed by atoms with van der Waals surface area (Å²) < 4.78 is 5.47. The molecule has 6 heteroatoms. The van der Waals surface area contributed by atoms with Crippen LogP contribution in [-0.2, 0) is 6.54 Å². The minimum absolute atomic E-state index is 0.551. The molecule has 4 aromatic heterocycles. The maximum Gasteiger partial charge on any atom is 0.164 e. The molecule has 1 N–H and O–H groups in total. The molecule has 5 aromatic rings. The molecule has 0 saturated heterocycles. The predicted molar refractivity (Wildman–Crippen MR) is 112 cm³/mol. The molecule has 0 fully saturated rings. The van der Waals surface area contributed by atoms with Gasteiger partial charge in [0.2, 0.25) is 0 Å². The summed E-state index contributed by atoms with van der Waals surface area (Å²) in [6, 6.07) is 18.0. The van der Waals surface area contributed by atoms with Gasteiger partial charge in [-0.25, -0.2) is 9.97 Å². The van der Waals surface area contributed by atoms with Crippen LogP contribution in [0.1, 0.15) is 5.76 Å². The van der Waals surface area contributed by atoms with Crippen molar-refractivity contribution in [1.82, 2.24) is 15.0 Å². The van der Waals surface area contributed by atoms with Crippen LogP contribution in [0.3, 0.4) is 0 Å². The molecule has 1 aromatic carbocycles. The lowest BCUT2D eigenvalue weighted by atomic mass is 10.1. The predicted octanol–water partition coefficient (Wildman–Crippen LogP) is 5.63. The van der Waals surface area contributed by atoms with Crippen molar-refractivity contribution in [1.29, 1.82) is 0 Å². The lowest BCUT2D eigenvalue weighted by Crippen LogP contribution is -2.03. The molecule has 4 heterocycles. The SMILES string of the molecule is c1ccc(-c2csc3nc(-c4cccnc4)nc(NCc4ccco4)c23)cc1. The Morgan fingerprint density at radius 2 is 1.82 bits per heavy atom. The van der Waals surface area contributed by atoms with Gasteiger partial charge in [-0.05, 0) is 29.8 Å². The Labute approximate surface area is 165 Å². The Balaban J connectivity index is 1.66. The number of hydrogen-bond donors (Lipinski definition) is 1. The zero-order valence-electron chi connectivity index (χ0n) is 14.9. The molecule has 0 spiro atoms. The third kappa shape index (κ3) is 3.14. The van der Waals surface area contributed by atoms with Crippen molar-refractivity contribution in [2.24, 2.45) is 0 Å². The fourth-order valence-electron chi connectivity index (χ4n) is 3.11. The molecule has 0 atom stereocenters. The normalized spacial score (nSPS) is 11.0. The Morgan fingerprint density at radius 3 is 2.61 bits per heavy atom. The average Bonchev–Trinajstić information content (AvgIpc) is 3.43. The summed E-state index contributed by atoms with van der Waals surface area (Å²) in [6.45, 7) is 0.551. The van der Waals surface area contributed by atoms with Crippen molar-refractivity contribution in [2.45, 2.75) is 6.54 Å². The van der Waals surface area contributed by atoms with Crippen molar-refractivity contribution in [3.8, 4) is 22.5 Å². The number of benzene rings is 1. The molecule has 28 heavy (non-hydrogen) atoms. The summed E-state index contributed by atoms with van der Waals surface area (Å²) in [5.74, 6) is 2.30. The summed E-state index contributed by atoms with van der Waals surface area (Å²) in [7, 11) is 0. The molecule has 0 aliphatic rings. The largest absolute Gasteiger partial charge is 0.467 e. The molecule has 0 aliphatic heterocycles. The molecule has 0 unspecified atom stereocenters. The number of furan rings is 1. The van der Waals surface area contributed by atoms with Crippen molar-refractivity contribution >= 4 is 27.4 Å². The van der Waals surface area contributed by atoms with E-state index in [1.165, 1.54) is 0 Å². The maximum atomic E-state index is 5.47. The number of rotatable bonds is 5. The van der Waals surface area contributed by atoms with Gasteiger partial charge in [0.15, 0.2) is 5.82 Å². The molecule has 0 radical (unpaired) electrons. The van der Waals surface area contributed by atoms with Crippen LogP contribution in [0.2, 0.25) is 0 Å². The third-order valence-corrected chi connectivity index (χ3v) is 5.32. The van der Waals surface area contributed by atoms with E-state index in [1.807, 2.05) is 42.5 Å². The highest BCUT2D eigenvalue weighted by Crippen LogP contribution is 2.38. The lowest BCUT2D eigenvalue weighted by Gasteiger charge is -2.10. The smallest absolute Gasteiger partial charge is 0.164 e. The highest BCUT2D eigenvalue weighted by atomic mass is 32.1. The maximum absolute atomic E-state index is 5.47. The molecule has 0 aliphatic carbocycles. The molecule has 5 nitrogen and oxygen atoms in total. The van der Waals surface area contributed by atoms with Gasteiger partial charge in [-0.1, -0.05) is 30.3 Å². The van der Waals surface area contributed by atoms with Crippen molar-refractivity contribution in [3.05, 3.63) is 84.4 Å². The van der Waals surface area contributed by atoms with Crippen LogP contribution in [0.4, 0.5) is 5.82 Å². The van der Waals surface area contributed by atoms with Crippen molar-refractivity contribution in [3.63, 3.8) is 0 Å². The molecular weight excluding hydrogens is 368 g/mol. The average molecular weight is 384 g/mol. The van der Waals surface area contributed by atoms with Crippen LogP contribution in [0, 0.1) is 0 Å². The highest BCUT2D eigenvalue weighted by Gasteiger charge is 2.16. The zero-order valence-corrected chi connectivity index (χ0v) is 15.7. The van der Waals surface area contributed by atoms with Gasteiger partial charge in [0.25, 0.3) is 0 Å². The number of nitrogens with one attached hydrogen (secondary N) is 1. The van der Waals surface area contributed by atoms with Crippen LogP contribution in [0.15, 0.2) is 83.1 Å². The standard InChI is InChI=1S/C22H16N4OS/c1-2-6-15(7-3-1)18-14-28-22-19(18)21(24-13-17-9-5-11-27-17)25-20(26-22)16-8-4-10-23-12-16/h1-12,14H,13H2,(H,24,25,26). The van der Waals surface area contributed by atoms with Crippen LogP contribution in [-0.4, -0.2) is 15.0 Å². The van der Waals surface area contributed by atoms with Gasteiger partial charge in [0, 0.05) is 28.9 Å². The highest BCUT2D eigenvalue weighted by molar-refractivity contribution is 7.17. The van der Waals surface area contributed by atoms with Gasteiger partial charge in [0.1, 0.15) is 16.4 Å². The molecule has 0 saturated carbocycles. The first kappa shape index (κ1) is 16.6. The second-order valence-corrected chi connectivity index (χ2v) is 7.12. The van der Waals surface area contributed by atoms with E-state index < -0.39 is 0 Å². The quantitative estimate of drug-likeness (QED) is 0.426. The fourth-order valence-corrected chi connectivity index (χ4v) is 4.06. The number of thiophene rings is 1. The number of pyridine rings is 1. The van der Waals surface area contributed by atoms with Crippen molar-refractivity contribution < 1.29 is 4.42 Å². The molecule has 0 bridgehead atoms. The first-order chi connectivity index (χ1) is 13.9. The van der Waals surface area contributed by atoms with Gasteiger partial charge in [-0.3, -0.25) is 4.98 Å². The van der Waals surface area contributed by atoms with Crippen LogP contribution < -0.4 is 5.32 Å². The van der Waals surface area contributed by atoms with E-state index in [2.05, 4.69) is 27.8 Å². The van der Waals surface area contributed by atoms with Crippen LogP contribution >= 0.6 is 11.3 Å². The fraction of sp³-hybridized carbons (Fsp3) is 0.0455. The lowest BCUT2D eigenvalue weighted by molar-refractivity contribution is 0.518. The number of hydrogen-bond acceptors (Lipinski definition) is 6. The van der Waals surface area contributed by atoms with Gasteiger partial charge < -0.3 is 9.73 Å². The van der Waals surface area contributed by atoms with Gasteiger partial charge in [-0.15, -0.1) is 11.3 Å². The van der Waals surface area contributed by atoms with E-state index >= 15 is 0 Å². The van der Waals surface area contributed by atoms with Crippen molar-refractivity contribution in [2.75, 3.05) is 5.32 Å². The number of nitrogens with zero attached hydrogens (tertiary/aromatic N) is 3. The summed E-state index contributed by atoms with van der Waals surface area (Å²) in [6.07, 6.45) is 5.20. The van der Waals surface area contributed by atoms with Gasteiger partial charge in [0.05, 0.1) is 18.2 Å². The summed E-state index contributed by atoms with van der Waals surface area (Å²) >= 11 is 1.62.